The number of carbonyl (C=O) groups is 4. The molecule has 1 aliphatic rings. The Balaban J connectivity index is 1.59. The molecule has 3 rings (SSSR count). The summed E-state index contributed by atoms with van der Waals surface area (Å²) >= 11 is 3.46. The topological polar surface area (TPSA) is 153 Å². The van der Waals surface area contributed by atoms with Gasteiger partial charge < -0.3 is 21.1 Å². The fourth-order valence-corrected chi connectivity index (χ4v) is 5.20. The van der Waals surface area contributed by atoms with Gasteiger partial charge in [-0.1, -0.05) is 48.0 Å². The van der Waals surface area contributed by atoms with Crippen LogP contribution >= 0.6 is 15.9 Å². The number of amides is 4. The van der Waals surface area contributed by atoms with E-state index in [-0.39, 0.29) is 30.9 Å². The van der Waals surface area contributed by atoms with E-state index in [1.807, 2.05) is 37.3 Å². The Bertz CT molecular complexity index is 1350. The van der Waals surface area contributed by atoms with Crippen molar-refractivity contribution < 1.29 is 24.3 Å². The van der Waals surface area contributed by atoms with Crippen LogP contribution in [0.5, 0.6) is 0 Å². The zero-order valence-electron chi connectivity index (χ0n) is 25.4. The lowest BCUT2D eigenvalue weighted by Gasteiger charge is -2.35. The van der Waals surface area contributed by atoms with E-state index in [1.54, 1.807) is 27.7 Å². The molecule has 1 aromatic heterocycles. The summed E-state index contributed by atoms with van der Waals surface area (Å²) in [5.41, 5.74) is 3.50. The van der Waals surface area contributed by atoms with Gasteiger partial charge in [0.15, 0.2) is 0 Å². The third kappa shape index (κ3) is 8.61. The van der Waals surface area contributed by atoms with Crippen LogP contribution in [0, 0.1) is 11.3 Å². The number of halogens is 1. The summed E-state index contributed by atoms with van der Waals surface area (Å²) < 4.78 is 0.918. The van der Waals surface area contributed by atoms with E-state index in [0.29, 0.717) is 19.4 Å². The van der Waals surface area contributed by atoms with Gasteiger partial charge in [-0.3, -0.25) is 29.2 Å². The predicted octanol–water partition coefficient (Wildman–Crippen LogP) is 2.89. The van der Waals surface area contributed by atoms with Crippen LogP contribution < -0.4 is 21.4 Å². The number of nitrogens with zero attached hydrogens (tertiary/aromatic N) is 2. The van der Waals surface area contributed by atoms with E-state index in [4.69, 9.17) is 0 Å². The van der Waals surface area contributed by atoms with Crippen molar-refractivity contribution >= 4 is 50.5 Å². The second-order valence-corrected chi connectivity index (χ2v) is 12.6. The van der Waals surface area contributed by atoms with Gasteiger partial charge in [-0.2, -0.15) is 0 Å². The highest BCUT2D eigenvalue weighted by Gasteiger charge is 2.36. The number of hydrogen-bond donors (Lipinski definition) is 5. The molecular weight excluding hydrogens is 616 g/mol. The number of rotatable bonds is 12. The first-order chi connectivity index (χ1) is 20.3. The maximum absolute atomic E-state index is 13.3. The molecule has 2 heterocycles. The quantitative estimate of drug-likeness (QED) is 0.220. The second kappa shape index (κ2) is 14.9. The summed E-state index contributed by atoms with van der Waals surface area (Å²) in [5, 5.41) is 20.2. The third-order valence-corrected chi connectivity index (χ3v) is 8.31. The van der Waals surface area contributed by atoms with Crippen molar-refractivity contribution in [1.29, 1.82) is 0 Å². The maximum atomic E-state index is 13.3. The van der Waals surface area contributed by atoms with Crippen LogP contribution in [-0.4, -0.2) is 70.0 Å². The first-order valence-corrected chi connectivity index (χ1v) is 15.4. The van der Waals surface area contributed by atoms with E-state index in [2.05, 4.69) is 48.9 Å². The number of aliphatic hydroxyl groups excluding tert-OH is 1. The molecule has 0 aliphatic carbocycles. The van der Waals surface area contributed by atoms with Crippen molar-refractivity contribution in [2.24, 2.45) is 11.3 Å². The van der Waals surface area contributed by atoms with Crippen molar-refractivity contribution in [3.8, 4) is 0 Å². The van der Waals surface area contributed by atoms with Gasteiger partial charge in [-0.25, -0.2) is 5.43 Å². The normalized spacial score (nSPS) is 18.7. The third-order valence-electron chi connectivity index (χ3n) is 7.81. The molecule has 4 amide bonds. The average Bonchev–Trinajstić information content (AvgIpc) is 2.98. The molecule has 12 heteroatoms. The molecule has 1 aromatic carbocycles. The molecule has 234 valence electrons. The van der Waals surface area contributed by atoms with E-state index >= 15 is 0 Å². The second-order valence-electron chi connectivity index (χ2n) is 11.6. The SMILES string of the molecule is C=CC(C)(CCO)C(=O)NC(C(=O)NC(C)C(=O)N1CCCC(C(=O)NC(C)c2ccc3ccc(Br)cc3n2)N1)C(C)C. The number of benzene rings is 1. The van der Waals surface area contributed by atoms with E-state index in [1.165, 1.54) is 11.1 Å². The highest BCUT2D eigenvalue weighted by atomic mass is 79.9. The van der Waals surface area contributed by atoms with Crippen LogP contribution in [0.4, 0.5) is 0 Å². The molecule has 43 heavy (non-hydrogen) atoms. The van der Waals surface area contributed by atoms with Crippen molar-refractivity contribution in [2.75, 3.05) is 13.2 Å². The lowest BCUT2D eigenvalue weighted by Crippen LogP contribution is -2.62. The number of hydrazine groups is 1. The molecule has 0 saturated carbocycles. The minimum Gasteiger partial charge on any atom is -0.396 e. The molecule has 5 N–H and O–H groups in total. The molecule has 0 radical (unpaired) electrons. The van der Waals surface area contributed by atoms with Crippen LogP contribution in [0.2, 0.25) is 0 Å². The molecule has 1 aliphatic heterocycles. The van der Waals surface area contributed by atoms with Gasteiger partial charge in [0.2, 0.25) is 17.7 Å². The lowest BCUT2D eigenvalue weighted by atomic mass is 9.85. The molecule has 0 spiro atoms. The van der Waals surface area contributed by atoms with Gasteiger partial charge in [0.05, 0.1) is 22.7 Å². The fraction of sp³-hybridized carbons (Fsp3) is 0.516. The van der Waals surface area contributed by atoms with Crippen molar-refractivity contribution in [2.45, 2.75) is 78.0 Å². The zero-order valence-corrected chi connectivity index (χ0v) is 27.0. The highest BCUT2D eigenvalue weighted by molar-refractivity contribution is 9.10. The maximum Gasteiger partial charge on any atom is 0.258 e. The Labute approximate surface area is 261 Å². The standard InChI is InChI=1S/C31H43BrN6O5/c1-7-31(6,14-16-39)30(43)36-26(18(2)3)28(41)34-20(5)29(42)38-15-8-9-24(37-38)27(40)33-19(4)23-13-11-21-10-12-22(32)17-25(21)35-23/h7,10-13,17-20,24,26,37,39H,1,8-9,14-16H2,2-6H3,(H,33,40)(H,34,41)(H,36,43). The number of fused-ring (bicyclic) bond motifs is 1. The summed E-state index contributed by atoms with van der Waals surface area (Å²) in [7, 11) is 0. The van der Waals surface area contributed by atoms with Gasteiger partial charge in [0.25, 0.3) is 5.91 Å². The number of carbonyl (C=O) groups excluding carboxylic acids is 4. The van der Waals surface area contributed by atoms with Gasteiger partial charge in [0, 0.05) is 23.0 Å². The molecule has 5 unspecified atom stereocenters. The number of aliphatic hydroxyl groups is 1. The Morgan fingerprint density at radius 1 is 1.16 bits per heavy atom. The Morgan fingerprint density at radius 3 is 2.51 bits per heavy atom. The first kappa shape index (κ1) is 34.1. The largest absolute Gasteiger partial charge is 0.396 e. The molecule has 1 saturated heterocycles. The van der Waals surface area contributed by atoms with Crippen LogP contribution in [0.3, 0.4) is 0 Å². The molecule has 5 atom stereocenters. The van der Waals surface area contributed by atoms with Gasteiger partial charge in [0.1, 0.15) is 18.1 Å². The van der Waals surface area contributed by atoms with Crippen LogP contribution in [-0.2, 0) is 19.2 Å². The Hall–Kier alpha value is -3.35. The fourth-order valence-electron chi connectivity index (χ4n) is 4.85. The smallest absolute Gasteiger partial charge is 0.258 e. The summed E-state index contributed by atoms with van der Waals surface area (Å²) in [6.45, 7) is 12.5. The number of aromatic nitrogens is 1. The first-order valence-electron chi connectivity index (χ1n) is 14.6. The lowest BCUT2D eigenvalue weighted by molar-refractivity contribution is -0.143. The number of hydrogen-bond acceptors (Lipinski definition) is 7. The minimum absolute atomic E-state index is 0.161. The van der Waals surface area contributed by atoms with E-state index in [0.717, 1.165) is 21.1 Å². The van der Waals surface area contributed by atoms with E-state index < -0.39 is 41.3 Å². The molecule has 0 bridgehead atoms. The number of nitrogens with one attached hydrogen (secondary N) is 4. The van der Waals surface area contributed by atoms with Crippen LogP contribution in [0.25, 0.3) is 10.9 Å². The summed E-state index contributed by atoms with van der Waals surface area (Å²) in [5.74, 6) is -1.86. The molecule has 11 nitrogen and oxygen atoms in total. The summed E-state index contributed by atoms with van der Waals surface area (Å²) in [4.78, 5) is 57.2. The zero-order chi connectivity index (χ0) is 31.9. The average molecular weight is 660 g/mol. The Morgan fingerprint density at radius 2 is 1.86 bits per heavy atom. The monoisotopic (exact) mass is 658 g/mol. The summed E-state index contributed by atoms with van der Waals surface area (Å²) in [6.07, 6.45) is 2.75. The van der Waals surface area contributed by atoms with Gasteiger partial charge in [-0.15, -0.1) is 6.58 Å². The van der Waals surface area contributed by atoms with Crippen molar-refractivity contribution in [3.05, 3.63) is 53.2 Å². The van der Waals surface area contributed by atoms with Crippen molar-refractivity contribution in [3.63, 3.8) is 0 Å². The Kier molecular flexibility index (Phi) is 11.8. The minimum atomic E-state index is -1.05. The molecule has 2 aromatic rings. The summed E-state index contributed by atoms with van der Waals surface area (Å²) in [6, 6.07) is 6.88. The van der Waals surface area contributed by atoms with Crippen LogP contribution in [0.15, 0.2) is 47.5 Å². The van der Waals surface area contributed by atoms with E-state index in [9.17, 15) is 24.3 Å². The van der Waals surface area contributed by atoms with Gasteiger partial charge in [-0.05, 0) is 64.2 Å². The highest BCUT2D eigenvalue weighted by Crippen LogP contribution is 2.24. The molecule has 1 fully saturated rings. The predicted molar refractivity (Wildman–Crippen MR) is 168 cm³/mol. The van der Waals surface area contributed by atoms with Gasteiger partial charge >= 0.3 is 0 Å². The number of pyridine rings is 1. The molecular formula is C31H43BrN6O5. The van der Waals surface area contributed by atoms with Crippen molar-refractivity contribution in [1.82, 2.24) is 31.4 Å². The van der Waals surface area contributed by atoms with Crippen LogP contribution in [0.1, 0.15) is 65.6 Å².